The second-order valence-corrected chi connectivity index (χ2v) is 7.61. The summed E-state index contributed by atoms with van der Waals surface area (Å²) < 4.78 is 29.9. The summed E-state index contributed by atoms with van der Waals surface area (Å²) in [6.45, 7) is 3.52. The summed E-state index contributed by atoms with van der Waals surface area (Å²) in [6.07, 6.45) is 0. The normalized spacial score (nSPS) is 16.6. The lowest BCUT2D eigenvalue weighted by molar-refractivity contribution is 0.0601. The van der Waals surface area contributed by atoms with E-state index in [1.807, 2.05) is 4.90 Å². The zero-order valence-electron chi connectivity index (χ0n) is 12.6. The van der Waals surface area contributed by atoms with Crippen molar-refractivity contribution in [3.05, 3.63) is 28.8 Å². The van der Waals surface area contributed by atoms with E-state index in [0.29, 0.717) is 36.8 Å². The van der Waals surface area contributed by atoms with Crippen molar-refractivity contribution >= 4 is 33.3 Å². The number of rotatable bonds is 4. The maximum atomic E-state index is 11.9. The predicted octanol–water partition coefficient (Wildman–Crippen LogP) is 1.60. The maximum Gasteiger partial charge on any atom is 0.337 e. The summed E-state index contributed by atoms with van der Waals surface area (Å²) >= 11 is 6.21. The minimum Gasteiger partial charge on any atom is -0.465 e. The molecule has 0 N–H and O–H groups in total. The summed E-state index contributed by atoms with van der Waals surface area (Å²) in [5.41, 5.74) is 1.14. The van der Waals surface area contributed by atoms with E-state index in [2.05, 4.69) is 0 Å². The molecule has 0 atom stereocenters. The zero-order chi connectivity index (χ0) is 16.3. The molecule has 0 aromatic heterocycles. The number of methoxy groups -OCH3 is 1. The van der Waals surface area contributed by atoms with Crippen LogP contribution in [-0.2, 0) is 14.8 Å². The number of carbonyl (C=O) groups excluding carboxylic acids is 1. The van der Waals surface area contributed by atoms with Gasteiger partial charge in [0.2, 0.25) is 10.0 Å². The van der Waals surface area contributed by atoms with Crippen molar-refractivity contribution in [2.75, 3.05) is 43.9 Å². The topological polar surface area (TPSA) is 66.9 Å². The van der Waals surface area contributed by atoms with Crippen LogP contribution in [0.3, 0.4) is 0 Å². The third-order valence-corrected chi connectivity index (χ3v) is 5.91. The van der Waals surface area contributed by atoms with Gasteiger partial charge in [-0.2, -0.15) is 4.31 Å². The van der Waals surface area contributed by atoms with Crippen molar-refractivity contribution < 1.29 is 17.9 Å². The molecule has 0 amide bonds. The Morgan fingerprint density at radius 1 is 1.27 bits per heavy atom. The Hall–Kier alpha value is -1.31. The van der Waals surface area contributed by atoms with E-state index in [9.17, 15) is 13.2 Å². The number of halogens is 1. The van der Waals surface area contributed by atoms with Crippen molar-refractivity contribution in [1.29, 1.82) is 0 Å². The highest BCUT2D eigenvalue weighted by molar-refractivity contribution is 7.89. The molecule has 1 heterocycles. The summed E-state index contributed by atoms with van der Waals surface area (Å²) in [7, 11) is -1.84. The van der Waals surface area contributed by atoms with Gasteiger partial charge in [0.1, 0.15) is 0 Å². The largest absolute Gasteiger partial charge is 0.465 e. The molecule has 122 valence electrons. The van der Waals surface area contributed by atoms with Gasteiger partial charge in [-0.25, -0.2) is 13.2 Å². The Balaban J connectivity index is 2.16. The molecule has 8 heteroatoms. The number of esters is 1. The van der Waals surface area contributed by atoms with E-state index in [4.69, 9.17) is 16.3 Å². The van der Waals surface area contributed by atoms with Gasteiger partial charge in [0.25, 0.3) is 0 Å². The Bertz CT molecular complexity index is 655. The molecule has 0 radical (unpaired) electrons. The molecule has 1 aromatic rings. The van der Waals surface area contributed by atoms with Gasteiger partial charge in [-0.3, -0.25) is 0 Å². The van der Waals surface area contributed by atoms with Crippen LogP contribution in [0.5, 0.6) is 0 Å². The Labute approximate surface area is 135 Å². The first-order valence-electron chi connectivity index (χ1n) is 6.99. The average Bonchev–Trinajstić information content (AvgIpc) is 2.54. The summed E-state index contributed by atoms with van der Waals surface area (Å²) in [4.78, 5) is 13.6. The van der Waals surface area contributed by atoms with Gasteiger partial charge in [-0.1, -0.05) is 11.6 Å². The molecule has 2 rings (SSSR count). The number of sulfonamides is 1. The molecule has 22 heavy (non-hydrogen) atoms. The van der Waals surface area contributed by atoms with Crippen molar-refractivity contribution in [2.45, 2.75) is 6.92 Å². The summed E-state index contributed by atoms with van der Waals surface area (Å²) in [6, 6.07) is 4.94. The van der Waals surface area contributed by atoms with Crippen molar-refractivity contribution in [3.8, 4) is 0 Å². The standard InChI is InChI=1S/C14H19ClN2O4S/c1-3-22(19,20)17-8-6-16(7-9-17)13-10-11(14(18)21-2)4-5-12(13)15/h4-5,10H,3,6-9H2,1-2H3. The van der Waals surface area contributed by atoms with E-state index in [1.165, 1.54) is 11.4 Å². The first kappa shape index (κ1) is 17.1. The number of hydrogen-bond donors (Lipinski definition) is 0. The lowest BCUT2D eigenvalue weighted by Crippen LogP contribution is -2.49. The Kier molecular flexibility index (Phi) is 5.31. The first-order chi connectivity index (χ1) is 10.4. The van der Waals surface area contributed by atoms with Crippen LogP contribution in [0.1, 0.15) is 17.3 Å². The Morgan fingerprint density at radius 2 is 1.91 bits per heavy atom. The monoisotopic (exact) mass is 346 g/mol. The fourth-order valence-corrected chi connectivity index (χ4v) is 3.71. The quantitative estimate of drug-likeness (QED) is 0.775. The smallest absolute Gasteiger partial charge is 0.337 e. The third-order valence-electron chi connectivity index (χ3n) is 3.70. The molecule has 0 bridgehead atoms. The lowest BCUT2D eigenvalue weighted by Gasteiger charge is -2.35. The number of nitrogens with zero attached hydrogens (tertiary/aromatic N) is 2. The minimum absolute atomic E-state index is 0.103. The second kappa shape index (κ2) is 6.85. The molecular weight excluding hydrogens is 328 g/mol. The first-order valence-corrected chi connectivity index (χ1v) is 8.98. The number of ether oxygens (including phenoxy) is 1. The second-order valence-electron chi connectivity index (χ2n) is 4.94. The van der Waals surface area contributed by atoms with Gasteiger partial charge in [0.05, 0.1) is 29.1 Å². The molecule has 1 aromatic carbocycles. The molecule has 1 saturated heterocycles. The van der Waals surface area contributed by atoms with Crippen LogP contribution < -0.4 is 4.90 Å². The van der Waals surface area contributed by atoms with E-state index in [1.54, 1.807) is 25.1 Å². The van der Waals surface area contributed by atoms with Crippen molar-refractivity contribution in [2.24, 2.45) is 0 Å². The summed E-state index contributed by atoms with van der Waals surface area (Å²) in [5.74, 6) is -0.323. The molecule has 0 unspecified atom stereocenters. The minimum atomic E-state index is -3.16. The van der Waals surface area contributed by atoms with Gasteiger partial charge in [0, 0.05) is 26.2 Å². The molecule has 0 aliphatic carbocycles. The zero-order valence-corrected chi connectivity index (χ0v) is 14.2. The number of hydrogen-bond acceptors (Lipinski definition) is 5. The van der Waals surface area contributed by atoms with Gasteiger partial charge in [-0.05, 0) is 25.1 Å². The van der Waals surface area contributed by atoms with Crippen LogP contribution in [0.15, 0.2) is 18.2 Å². The van der Waals surface area contributed by atoms with Crippen LogP contribution in [0.4, 0.5) is 5.69 Å². The van der Waals surface area contributed by atoms with E-state index < -0.39 is 16.0 Å². The van der Waals surface area contributed by atoms with Crippen LogP contribution in [0, 0.1) is 0 Å². The van der Waals surface area contributed by atoms with E-state index in [0.717, 1.165) is 5.69 Å². The molecule has 1 fully saturated rings. The molecule has 0 saturated carbocycles. The number of carbonyl (C=O) groups is 1. The number of benzene rings is 1. The predicted molar refractivity (Wildman–Crippen MR) is 86.0 cm³/mol. The molecule has 1 aliphatic rings. The van der Waals surface area contributed by atoms with Gasteiger partial charge in [-0.15, -0.1) is 0 Å². The number of piperazine rings is 1. The van der Waals surface area contributed by atoms with Gasteiger partial charge in [0.15, 0.2) is 0 Å². The fraction of sp³-hybridized carbons (Fsp3) is 0.500. The highest BCUT2D eigenvalue weighted by atomic mass is 35.5. The Morgan fingerprint density at radius 3 is 2.45 bits per heavy atom. The van der Waals surface area contributed by atoms with Crippen LogP contribution >= 0.6 is 11.6 Å². The molecule has 6 nitrogen and oxygen atoms in total. The van der Waals surface area contributed by atoms with Crippen LogP contribution in [-0.4, -0.2) is 57.7 Å². The van der Waals surface area contributed by atoms with Crippen LogP contribution in [0.2, 0.25) is 5.02 Å². The van der Waals surface area contributed by atoms with Crippen molar-refractivity contribution in [3.63, 3.8) is 0 Å². The van der Waals surface area contributed by atoms with Gasteiger partial charge >= 0.3 is 5.97 Å². The summed E-state index contributed by atoms with van der Waals surface area (Å²) in [5, 5.41) is 0.527. The number of anilines is 1. The highest BCUT2D eigenvalue weighted by Gasteiger charge is 2.26. The molecular formula is C14H19ClN2O4S. The van der Waals surface area contributed by atoms with Gasteiger partial charge < -0.3 is 9.64 Å². The SMILES string of the molecule is CCS(=O)(=O)N1CCN(c2cc(C(=O)OC)ccc2Cl)CC1. The van der Waals surface area contributed by atoms with E-state index in [-0.39, 0.29) is 5.75 Å². The van der Waals surface area contributed by atoms with Crippen LogP contribution in [0.25, 0.3) is 0 Å². The molecule has 1 aliphatic heterocycles. The van der Waals surface area contributed by atoms with E-state index >= 15 is 0 Å². The maximum absolute atomic E-state index is 11.9. The third kappa shape index (κ3) is 3.53. The highest BCUT2D eigenvalue weighted by Crippen LogP contribution is 2.28. The van der Waals surface area contributed by atoms with Crippen molar-refractivity contribution in [1.82, 2.24) is 4.31 Å². The molecule has 0 spiro atoms. The lowest BCUT2D eigenvalue weighted by atomic mass is 10.1. The average molecular weight is 347 g/mol. The fourth-order valence-electron chi connectivity index (χ4n) is 2.39.